The topological polar surface area (TPSA) is 134 Å². The van der Waals surface area contributed by atoms with Gasteiger partial charge in [-0.2, -0.15) is 0 Å². The molecule has 1 heterocycles. The third-order valence-corrected chi connectivity index (χ3v) is 3.45. The van der Waals surface area contributed by atoms with Gasteiger partial charge in [-0.3, -0.25) is 9.78 Å². The number of aromatic nitrogens is 1. The van der Waals surface area contributed by atoms with E-state index in [-0.39, 0.29) is 6.47 Å². The average Bonchev–Trinajstić information content (AvgIpc) is 2.56. The Balaban J connectivity index is 0.000000307. The van der Waals surface area contributed by atoms with Gasteiger partial charge in [0.25, 0.3) is 6.47 Å². The molecule has 0 saturated carbocycles. The number of aryl methyl sites for hydroxylation is 1. The van der Waals surface area contributed by atoms with Crippen molar-refractivity contribution in [2.75, 3.05) is 5.73 Å². The SMILES string of the molecule is C=CC(=O)O.Nc1c2c(nc3ccccc13)CCCC2O.O=CO. The third kappa shape index (κ3) is 4.79. The van der Waals surface area contributed by atoms with Crippen molar-refractivity contribution < 1.29 is 24.9 Å². The minimum Gasteiger partial charge on any atom is -0.483 e. The second kappa shape index (κ2) is 9.26. The van der Waals surface area contributed by atoms with E-state index in [2.05, 4.69) is 11.6 Å². The molecular formula is C17H20N2O5. The summed E-state index contributed by atoms with van der Waals surface area (Å²) in [5.74, 6) is -0.981. The first-order valence-electron chi connectivity index (χ1n) is 7.24. The number of nitrogens with zero attached hydrogens (tertiary/aromatic N) is 1. The number of nitrogen functional groups attached to an aromatic ring is 1. The second-order valence-electron chi connectivity index (χ2n) is 4.96. The molecule has 1 aliphatic rings. The molecule has 7 nitrogen and oxygen atoms in total. The Kier molecular flexibility index (Phi) is 7.38. The zero-order chi connectivity index (χ0) is 18.1. The fourth-order valence-electron chi connectivity index (χ4n) is 2.47. The number of pyridine rings is 1. The van der Waals surface area contributed by atoms with E-state index >= 15 is 0 Å². The minimum absolute atomic E-state index is 0.250. The fraction of sp³-hybridized carbons (Fsp3) is 0.235. The molecule has 0 saturated heterocycles. The van der Waals surface area contributed by atoms with Crippen molar-refractivity contribution >= 4 is 29.0 Å². The number of carboxylic acid groups (broad SMARTS) is 2. The minimum atomic E-state index is -0.981. The van der Waals surface area contributed by atoms with Crippen LogP contribution in [-0.2, 0) is 16.0 Å². The Hall–Kier alpha value is -2.93. The maximum atomic E-state index is 9.98. The van der Waals surface area contributed by atoms with E-state index in [4.69, 9.17) is 20.7 Å². The van der Waals surface area contributed by atoms with Crippen molar-refractivity contribution in [3.8, 4) is 0 Å². The zero-order valence-electron chi connectivity index (χ0n) is 13.1. The number of aliphatic hydroxyl groups is 1. The van der Waals surface area contributed by atoms with Crippen LogP contribution in [0, 0.1) is 0 Å². The van der Waals surface area contributed by atoms with Crippen LogP contribution in [0.15, 0.2) is 36.9 Å². The van der Waals surface area contributed by atoms with Crippen LogP contribution in [0.4, 0.5) is 5.69 Å². The molecule has 0 radical (unpaired) electrons. The number of hydrogen-bond acceptors (Lipinski definition) is 5. The van der Waals surface area contributed by atoms with Crippen LogP contribution in [0.5, 0.6) is 0 Å². The molecule has 5 N–H and O–H groups in total. The smallest absolute Gasteiger partial charge is 0.327 e. The molecule has 0 fully saturated rings. The molecule has 1 atom stereocenters. The van der Waals surface area contributed by atoms with Crippen LogP contribution in [-0.4, -0.2) is 32.7 Å². The molecule has 0 bridgehead atoms. The molecule has 24 heavy (non-hydrogen) atoms. The number of aliphatic carboxylic acids is 1. The molecule has 1 aliphatic carbocycles. The first-order valence-corrected chi connectivity index (χ1v) is 7.24. The number of carboxylic acids is 1. The van der Waals surface area contributed by atoms with Gasteiger partial charge >= 0.3 is 5.97 Å². The first kappa shape index (κ1) is 19.1. The summed E-state index contributed by atoms with van der Waals surface area (Å²) in [7, 11) is 0. The van der Waals surface area contributed by atoms with E-state index in [0.717, 1.165) is 47.5 Å². The third-order valence-electron chi connectivity index (χ3n) is 3.45. The highest BCUT2D eigenvalue weighted by Gasteiger charge is 2.23. The van der Waals surface area contributed by atoms with Crippen LogP contribution in [0.2, 0.25) is 0 Å². The summed E-state index contributed by atoms with van der Waals surface area (Å²) < 4.78 is 0. The lowest BCUT2D eigenvalue weighted by atomic mass is 9.90. The molecule has 0 spiro atoms. The lowest BCUT2D eigenvalue weighted by Crippen LogP contribution is -2.14. The highest BCUT2D eigenvalue weighted by Crippen LogP contribution is 2.36. The van der Waals surface area contributed by atoms with Gasteiger partial charge in [0, 0.05) is 28.4 Å². The maximum absolute atomic E-state index is 9.98. The predicted octanol–water partition coefficient (Wildman–Crippen LogP) is 2.14. The number of aliphatic hydroxyl groups excluding tert-OH is 1. The monoisotopic (exact) mass is 332 g/mol. The van der Waals surface area contributed by atoms with Gasteiger partial charge in [-0.15, -0.1) is 0 Å². The van der Waals surface area contributed by atoms with Crippen LogP contribution >= 0.6 is 0 Å². The molecule has 1 aromatic carbocycles. The fourth-order valence-corrected chi connectivity index (χ4v) is 2.47. The van der Waals surface area contributed by atoms with Crippen LogP contribution in [0.1, 0.15) is 30.2 Å². The Morgan fingerprint density at radius 1 is 1.38 bits per heavy atom. The van der Waals surface area contributed by atoms with Crippen molar-refractivity contribution in [1.29, 1.82) is 0 Å². The number of fused-ring (bicyclic) bond motifs is 2. The number of nitrogens with two attached hydrogens (primary N) is 1. The van der Waals surface area contributed by atoms with E-state index in [9.17, 15) is 9.90 Å². The molecule has 128 valence electrons. The highest BCUT2D eigenvalue weighted by molar-refractivity contribution is 5.92. The standard InChI is InChI=1S/C13H14N2O.C3H4O2.CH2O2/c14-13-8-4-1-2-5-9(8)15-10-6-3-7-11(16)12(10)13;1-2-3(4)5;2-1-3/h1-2,4-5,11,16H,3,6-7H2,(H2,14,15);2H,1H2,(H,4,5);1H,(H,2,3). The number of hydrogen-bond donors (Lipinski definition) is 4. The summed E-state index contributed by atoms with van der Waals surface area (Å²) in [5, 5.41) is 25.4. The van der Waals surface area contributed by atoms with Gasteiger partial charge in [0.15, 0.2) is 0 Å². The van der Waals surface area contributed by atoms with Gasteiger partial charge < -0.3 is 21.1 Å². The summed E-state index contributed by atoms with van der Waals surface area (Å²) in [5.41, 5.74) is 9.58. The Labute approximate surface area is 139 Å². The number of anilines is 1. The van der Waals surface area contributed by atoms with Gasteiger partial charge in [-0.1, -0.05) is 24.8 Å². The summed E-state index contributed by atoms with van der Waals surface area (Å²) in [6, 6.07) is 7.83. The summed E-state index contributed by atoms with van der Waals surface area (Å²) >= 11 is 0. The van der Waals surface area contributed by atoms with Crippen molar-refractivity contribution in [3.63, 3.8) is 0 Å². The van der Waals surface area contributed by atoms with Crippen molar-refractivity contribution in [2.45, 2.75) is 25.4 Å². The van der Waals surface area contributed by atoms with Crippen LogP contribution < -0.4 is 5.73 Å². The second-order valence-corrected chi connectivity index (χ2v) is 4.96. The van der Waals surface area contributed by atoms with Crippen molar-refractivity contribution in [3.05, 3.63) is 48.2 Å². The maximum Gasteiger partial charge on any atom is 0.327 e. The van der Waals surface area contributed by atoms with Gasteiger partial charge in [-0.05, 0) is 25.3 Å². The summed E-state index contributed by atoms with van der Waals surface area (Å²) in [4.78, 5) is 22.2. The summed E-state index contributed by atoms with van der Waals surface area (Å²) in [6.45, 7) is 2.71. The van der Waals surface area contributed by atoms with Gasteiger partial charge in [0.2, 0.25) is 0 Å². The lowest BCUT2D eigenvalue weighted by molar-refractivity contribution is -0.131. The number of benzene rings is 1. The van der Waals surface area contributed by atoms with E-state index in [0.29, 0.717) is 5.69 Å². The van der Waals surface area contributed by atoms with Gasteiger partial charge in [0.1, 0.15) is 0 Å². The molecule has 3 rings (SSSR count). The van der Waals surface area contributed by atoms with Crippen molar-refractivity contribution in [2.24, 2.45) is 0 Å². The normalized spacial score (nSPS) is 15.0. The average molecular weight is 332 g/mol. The quantitative estimate of drug-likeness (QED) is 0.464. The molecule has 1 aromatic heterocycles. The first-order chi connectivity index (χ1) is 11.5. The summed E-state index contributed by atoms with van der Waals surface area (Å²) in [6.07, 6.45) is 3.08. The highest BCUT2D eigenvalue weighted by atomic mass is 16.4. The molecule has 1 unspecified atom stereocenters. The molecule has 0 amide bonds. The van der Waals surface area contributed by atoms with Gasteiger partial charge in [0.05, 0.1) is 11.6 Å². The Morgan fingerprint density at radius 3 is 2.54 bits per heavy atom. The van der Waals surface area contributed by atoms with Crippen LogP contribution in [0.3, 0.4) is 0 Å². The van der Waals surface area contributed by atoms with Gasteiger partial charge in [-0.25, -0.2) is 4.79 Å². The molecule has 0 aliphatic heterocycles. The largest absolute Gasteiger partial charge is 0.483 e. The molecular weight excluding hydrogens is 312 g/mol. The number of para-hydroxylation sites is 1. The number of carbonyl (C=O) groups is 2. The Bertz CT molecular complexity index is 730. The molecule has 2 aromatic rings. The van der Waals surface area contributed by atoms with E-state index in [1.54, 1.807) is 0 Å². The predicted molar refractivity (Wildman–Crippen MR) is 90.6 cm³/mol. The lowest BCUT2D eigenvalue weighted by Gasteiger charge is -2.23. The van der Waals surface area contributed by atoms with Crippen LogP contribution in [0.25, 0.3) is 10.9 Å². The van der Waals surface area contributed by atoms with Crippen molar-refractivity contribution in [1.82, 2.24) is 4.98 Å². The van der Waals surface area contributed by atoms with E-state index < -0.39 is 12.1 Å². The zero-order valence-corrected chi connectivity index (χ0v) is 13.1. The Morgan fingerprint density at radius 2 is 1.96 bits per heavy atom. The van der Waals surface area contributed by atoms with E-state index in [1.807, 2.05) is 24.3 Å². The number of rotatable bonds is 1. The van der Waals surface area contributed by atoms with E-state index in [1.165, 1.54) is 0 Å². The molecule has 7 heteroatoms.